The van der Waals surface area contributed by atoms with Gasteiger partial charge in [0.15, 0.2) is 5.82 Å². The maximum absolute atomic E-state index is 4.23. The van der Waals surface area contributed by atoms with Crippen molar-refractivity contribution < 1.29 is 0 Å². The molecule has 0 aliphatic rings. The molecule has 0 unspecified atom stereocenters. The van der Waals surface area contributed by atoms with Crippen LogP contribution in [0.15, 0.2) is 30.6 Å². The highest BCUT2D eigenvalue weighted by atomic mass is 15.4. The predicted molar refractivity (Wildman–Crippen MR) is 67.0 cm³/mol. The van der Waals surface area contributed by atoms with Gasteiger partial charge in [0.2, 0.25) is 0 Å². The van der Waals surface area contributed by atoms with E-state index in [-0.39, 0.29) is 0 Å². The van der Waals surface area contributed by atoms with Crippen molar-refractivity contribution in [2.45, 2.75) is 39.0 Å². The fourth-order valence-electron chi connectivity index (χ4n) is 1.75. The lowest BCUT2D eigenvalue weighted by molar-refractivity contribution is 0.659. The van der Waals surface area contributed by atoms with Crippen molar-refractivity contribution in [3.8, 4) is 5.82 Å². The van der Waals surface area contributed by atoms with Crippen molar-refractivity contribution in [1.82, 2.24) is 20.0 Å². The van der Waals surface area contributed by atoms with Crippen molar-refractivity contribution in [1.29, 1.82) is 0 Å². The highest BCUT2D eigenvalue weighted by Gasteiger charge is 2.02. The van der Waals surface area contributed by atoms with Crippen molar-refractivity contribution in [2.24, 2.45) is 0 Å². The molecule has 0 aliphatic carbocycles. The Kier molecular flexibility index (Phi) is 4.24. The van der Waals surface area contributed by atoms with Gasteiger partial charge in [0.25, 0.3) is 0 Å². The third-order valence-electron chi connectivity index (χ3n) is 2.71. The third-order valence-corrected chi connectivity index (χ3v) is 2.71. The van der Waals surface area contributed by atoms with Crippen LogP contribution in [0.4, 0.5) is 0 Å². The van der Waals surface area contributed by atoms with E-state index in [1.165, 1.54) is 25.7 Å². The lowest BCUT2D eigenvalue weighted by Gasteiger charge is -1.96. The van der Waals surface area contributed by atoms with E-state index in [0.29, 0.717) is 0 Å². The van der Waals surface area contributed by atoms with E-state index in [0.717, 1.165) is 17.9 Å². The molecule has 0 radical (unpaired) electrons. The highest BCUT2D eigenvalue weighted by molar-refractivity contribution is 5.19. The molecule has 4 nitrogen and oxygen atoms in total. The van der Waals surface area contributed by atoms with Crippen molar-refractivity contribution in [2.75, 3.05) is 0 Å². The molecule has 0 atom stereocenters. The molecule has 17 heavy (non-hydrogen) atoms. The van der Waals surface area contributed by atoms with Gasteiger partial charge in [0.1, 0.15) is 0 Å². The van der Waals surface area contributed by atoms with Gasteiger partial charge in [-0.1, -0.05) is 37.5 Å². The monoisotopic (exact) mass is 230 g/mol. The molecule has 0 saturated carbocycles. The van der Waals surface area contributed by atoms with E-state index in [4.69, 9.17) is 0 Å². The second-order valence-corrected chi connectivity index (χ2v) is 4.15. The minimum Gasteiger partial charge on any atom is -0.237 e. The maximum Gasteiger partial charge on any atom is 0.155 e. The van der Waals surface area contributed by atoms with E-state index in [9.17, 15) is 0 Å². The minimum atomic E-state index is 0.819. The zero-order chi connectivity index (χ0) is 11.9. The quantitative estimate of drug-likeness (QED) is 0.717. The number of nitrogens with zero attached hydrogens (tertiary/aromatic N) is 4. The first-order chi connectivity index (χ1) is 8.40. The van der Waals surface area contributed by atoms with Gasteiger partial charge in [-0.25, -0.2) is 9.67 Å². The molecule has 0 saturated heterocycles. The van der Waals surface area contributed by atoms with Gasteiger partial charge >= 0.3 is 0 Å². The normalized spacial score (nSPS) is 10.6. The van der Waals surface area contributed by atoms with Gasteiger partial charge in [-0.15, -0.1) is 5.10 Å². The fourth-order valence-corrected chi connectivity index (χ4v) is 1.75. The number of pyridine rings is 1. The Morgan fingerprint density at radius 2 is 2.12 bits per heavy atom. The van der Waals surface area contributed by atoms with Crippen LogP contribution in [0.3, 0.4) is 0 Å². The zero-order valence-corrected chi connectivity index (χ0v) is 10.2. The maximum atomic E-state index is 4.23. The second-order valence-electron chi connectivity index (χ2n) is 4.15. The van der Waals surface area contributed by atoms with Crippen LogP contribution in [0.5, 0.6) is 0 Å². The van der Waals surface area contributed by atoms with Gasteiger partial charge < -0.3 is 0 Å². The number of aromatic nitrogens is 4. The Labute approximate surface area is 102 Å². The first-order valence-corrected chi connectivity index (χ1v) is 6.23. The summed E-state index contributed by atoms with van der Waals surface area (Å²) in [5, 5.41) is 8.25. The van der Waals surface area contributed by atoms with Gasteiger partial charge in [0.05, 0.1) is 11.9 Å². The number of hydrogen-bond acceptors (Lipinski definition) is 3. The topological polar surface area (TPSA) is 43.6 Å². The average Bonchev–Trinajstić information content (AvgIpc) is 2.85. The minimum absolute atomic E-state index is 0.819. The standard InChI is InChI=1S/C13H18N4/c1-2-3-4-5-8-12-11-17(16-15-12)13-9-6-7-10-14-13/h6-7,9-11H,2-5,8H2,1H3. The second kappa shape index (κ2) is 6.13. The highest BCUT2D eigenvalue weighted by Crippen LogP contribution is 2.07. The summed E-state index contributed by atoms with van der Waals surface area (Å²) < 4.78 is 1.73. The SMILES string of the molecule is CCCCCCc1cn(-c2ccccn2)nn1. The lowest BCUT2D eigenvalue weighted by atomic mass is 10.1. The Bertz CT molecular complexity index is 436. The average molecular weight is 230 g/mol. The molecule has 0 aromatic carbocycles. The first kappa shape index (κ1) is 11.8. The smallest absolute Gasteiger partial charge is 0.155 e. The molecule has 0 spiro atoms. The molecule has 2 aromatic rings. The van der Waals surface area contributed by atoms with Crippen LogP contribution in [0, 0.1) is 0 Å². The van der Waals surface area contributed by atoms with Crippen LogP contribution < -0.4 is 0 Å². The molecule has 0 N–H and O–H groups in total. The van der Waals surface area contributed by atoms with Crippen molar-refractivity contribution in [3.05, 3.63) is 36.3 Å². The van der Waals surface area contributed by atoms with E-state index >= 15 is 0 Å². The zero-order valence-electron chi connectivity index (χ0n) is 10.2. The van der Waals surface area contributed by atoms with Gasteiger partial charge in [-0.2, -0.15) is 0 Å². The van der Waals surface area contributed by atoms with Gasteiger partial charge in [-0.05, 0) is 25.0 Å². The lowest BCUT2D eigenvalue weighted by Crippen LogP contribution is -1.96. The van der Waals surface area contributed by atoms with Crippen LogP contribution in [-0.2, 0) is 6.42 Å². The van der Waals surface area contributed by atoms with Crippen LogP contribution >= 0.6 is 0 Å². The largest absolute Gasteiger partial charge is 0.237 e. The van der Waals surface area contributed by atoms with Crippen molar-refractivity contribution in [3.63, 3.8) is 0 Å². The predicted octanol–water partition coefficient (Wildman–Crippen LogP) is 2.79. The molecule has 2 rings (SSSR count). The molecule has 0 bridgehead atoms. The Hall–Kier alpha value is -1.71. The van der Waals surface area contributed by atoms with E-state index in [1.807, 2.05) is 24.4 Å². The van der Waals surface area contributed by atoms with E-state index in [1.54, 1.807) is 10.9 Å². The van der Waals surface area contributed by atoms with Crippen LogP contribution in [0.1, 0.15) is 38.3 Å². The summed E-state index contributed by atoms with van der Waals surface area (Å²) in [6.07, 6.45) is 9.76. The molecule has 0 aliphatic heterocycles. The molecular formula is C13H18N4. The molecular weight excluding hydrogens is 212 g/mol. The molecule has 0 fully saturated rings. The number of aryl methyl sites for hydroxylation is 1. The summed E-state index contributed by atoms with van der Waals surface area (Å²) >= 11 is 0. The summed E-state index contributed by atoms with van der Waals surface area (Å²) in [6, 6.07) is 5.77. The van der Waals surface area contributed by atoms with Gasteiger partial charge in [-0.3, -0.25) is 0 Å². The molecule has 90 valence electrons. The molecule has 2 aromatic heterocycles. The summed E-state index contributed by atoms with van der Waals surface area (Å²) in [4.78, 5) is 4.23. The van der Waals surface area contributed by atoms with Crippen molar-refractivity contribution >= 4 is 0 Å². The van der Waals surface area contributed by atoms with Crippen LogP contribution in [0.2, 0.25) is 0 Å². The number of rotatable bonds is 6. The Morgan fingerprint density at radius 1 is 1.18 bits per heavy atom. The number of hydrogen-bond donors (Lipinski definition) is 0. The number of unbranched alkanes of at least 4 members (excludes halogenated alkanes) is 3. The first-order valence-electron chi connectivity index (χ1n) is 6.23. The Morgan fingerprint density at radius 3 is 2.88 bits per heavy atom. The summed E-state index contributed by atoms with van der Waals surface area (Å²) in [7, 11) is 0. The van der Waals surface area contributed by atoms with E-state index in [2.05, 4.69) is 22.2 Å². The summed E-state index contributed by atoms with van der Waals surface area (Å²) in [5.74, 6) is 0.819. The molecule has 0 amide bonds. The van der Waals surface area contributed by atoms with E-state index < -0.39 is 0 Å². The third kappa shape index (κ3) is 3.37. The van der Waals surface area contributed by atoms with Gasteiger partial charge in [0, 0.05) is 6.20 Å². The summed E-state index contributed by atoms with van der Waals surface area (Å²) in [5.41, 5.74) is 1.05. The molecule has 4 heteroatoms. The fraction of sp³-hybridized carbons (Fsp3) is 0.462. The summed E-state index contributed by atoms with van der Waals surface area (Å²) in [6.45, 7) is 2.22. The Balaban J connectivity index is 1.92. The van der Waals surface area contributed by atoms with Crippen LogP contribution in [-0.4, -0.2) is 20.0 Å². The van der Waals surface area contributed by atoms with Crippen LogP contribution in [0.25, 0.3) is 5.82 Å². The molecule has 2 heterocycles.